The molecule has 0 saturated carbocycles. The molecule has 0 unspecified atom stereocenters. The van der Waals surface area contributed by atoms with Crippen LogP contribution in [-0.4, -0.2) is 31.1 Å². The van der Waals surface area contributed by atoms with Gasteiger partial charge in [0.05, 0.1) is 18.8 Å². The predicted molar refractivity (Wildman–Crippen MR) is 75.3 cm³/mol. The molecule has 1 fully saturated rings. The lowest BCUT2D eigenvalue weighted by Gasteiger charge is -2.29. The van der Waals surface area contributed by atoms with E-state index in [1.165, 1.54) is 5.56 Å². The van der Waals surface area contributed by atoms with Crippen LogP contribution in [0, 0.1) is 0 Å². The third-order valence-corrected chi connectivity index (χ3v) is 3.88. The van der Waals surface area contributed by atoms with Crippen molar-refractivity contribution in [2.75, 3.05) is 20.2 Å². The van der Waals surface area contributed by atoms with E-state index in [2.05, 4.69) is 4.90 Å². The van der Waals surface area contributed by atoms with Crippen molar-refractivity contribution in [1.29, 1.82) is 0 Å². The number of furan rings is 1. The monoisotopic (exact) mass is 260 g/mol. The van der Waals surface area contributed by atoms with Gasteiger partial charge in [-0.05, 0) is 38.1 Å². The number of likely N-dealkylation sites (tertiary alicyclic amines) is 1. The minimum Gasteiger partial charge on any atom is -0.496 e. The highest BCUT2D eigenvalue weighted by Crippen LogP contribution is 2.31. The van der Waals surface area contributed by atoms with Crippen LogP contribution in [0.4, 0.5) is 0 Å². The fraction of sp³-hybridized carbons (Fsp3) is 0.467. The van der Waals surface area contributed by atoms with Gasteiger partial charge in [-0.2, -0.15) is 0 Å². The summed E-state index contributed by atoms with van der Waals surface area (Å²) in [5, 5.41) is 1.10. The average Bonchev–Trinajstić information content (AvgIpc) is 2.85. The number of rotatable bonds is 3. The lowest BCUT2D eigenvalue weighted by atomic mass is 10.0. The lowest BCUT2D eigenvalue weighted by Crippen LogP contribution is -2.39. The summed E-state index contributed by atoms with van der Waals surface area (Å²) in [4.78, 5) is 2.43. The lowest BCUT2D eigenvalue weighted by molar-refractivity contribution is 0.205. The second-order valence-corrected chi connectivity index (χ2v) is 5.21. The van der Waals surface area contributed by atoms with E-state index >= 15 is 0 Å². The van der Waals surface area contributed by atoms with E-state index in [4.69, 9.17) is 14.9 Å². The van der Waals surface area contributed by atoms with Gasteiger partial charge in [-0.3, -0.25) is 4.90 Å². The molecule has 1 aliphatic heterocycles. The van der Waals surface area contributed by atoms with Crippen molar-refractivity contribution in [3.63, 3.8) is 0 Å². The standard InChI is InChI=1S/C15H20N2O2/c1-18-13-3-2-4-14-15(13)11(10-19-14)9-17-7-5-12(16)6-8-17/h2-4,10,12H,5-9,16H2,1H3. The molecule has 1 aromatic carbocycles. The van der Waals surface area contributed by atoms with Crippen molar-refractivity contribution in [3.8, 4) is 5.75 Å². The average molecular weight is 260 g/mol. The van der Waals surface area contributed by atoms with Gasteiger partial charge in [-0.1, -0.05) is 6.07 Å². The number of ether oxygens (including phenoxy) is 1. The topological polar surface area (TPSA) is 51.6 Å². The van der Waals surface area contributed by atoms with E-state index in [0.717, 1.165) is 49.2 Å². The second kappa shape index (κ2) is 5.23. The molecule has 2 heterocycles. The molecule has 0 spiro atoms. The number of benzene rings is 1. The fourth-order valence-corrected chi connectivity index (χ4v) is 2.76. The summed E-state index contributed by atoms with van der Waals surface area (Å²) in [5.41, 5.74) is 8.03. The summed E-state index contributed by atoms with van der Waals surface area (Å²) in [6.45, 7) is 3.02. The van der Waals surface area contributed by atoms with E-state index in [-0.39, 0.29) is 0 Å². The third kappa shape index (κ3) is 2.46. The molecule has 2 aromatic rings. The molecule has 4 nitrogen and oxygen atoms in total. The van der Waals surface area contributed by atoms with Gasteiger partial charge in [0.15, 0.2) is 0 Å². The van der Waals surface area contributed by atoms with Gasteiger partial charge < -0.3 is 14.9 Å². The SMILES string of the molecule is COc1cccc2occ(CN3CCC(N)CC3)c12. The zero-order chi connectivity index (χ0) is 13.2. The Morgan fingerprint density at radius 1 is 1.37 bits per heavy atom. The van der Waals surface area contributed by atoms with E-state index in [9.17, 15) is 0 Å². The first kappa shape index (κ1) is 12.5. The minimum atomic E-state index is 0.367. The molecule has 1 saturated heterocycles. The van der Waals surface area contributed by atoms with E-state index < -0.39 is 0 Å². The minimum absolute atomic E-state index is 0.367. The Labute approximate surface area is 113 Å². The van der Waals surface area contributed by atoms with Crippen molar-refractivity contribution in [3.05, 3.63) is 30.0 Å². The molecule has 1 aliphatic rings. The Morgan fingerprint density at radius 2 is 2.16 bits per heavy atom. The first-order valence-corrected chi connectivity index (χ1v) is 6.79. The summed E-state index contributed by atoms with van der Waals surface area (Å²) >= 11 is 0. The van der Waals surface area contributed by atoms with Crippen LogP contribution in [0.1, 0.15) is 18.4 Å². The number of fused-ring (bicyclic) bond motifs is 1. The molecule has 19 heavy (non-hydrogen) atoms. The third-order valence-electron chi connectivity index (χ3n) is 3.88. The maximum atomic E-state index is 5.94. The molecule has 0 radical (unpaired) electrons. The highest BCUT2D eigenvalue weighted by Gasteiger charge is 2.19. The van der Waals surface area contributed by atoms with Crippen LogP contribution in [0.5, 0.6) is 5.75 Å². The first-order chi connectivity index (χ1) is 9.28. The fourth-order valence-electron chi connectivity index (χ4n) is 2.76. The molecule has 0 bridgehead atoms. The number of hydrogen-bond donors (Lipinski definition) is 1. The van der Waals surface area contributed by atoms with Crippen molar-refractivity contribution in [2.24, 2.45) is 5.73 Å². The Morgan fingerprint density at radius 3 is 2.89 bits per heavy atom. The molecule has 4 heteroatoms. The number of methoxy groups -OCH3 is 1. The van der Waals surface area contributed by atoms with Gasteiger partial charge in [0, 0.05) is 18.2 Å². The molecule has 3 rings (SSSR count). The molecule has 0 amide bonds. The highest BCUT2D eigenvalue weighted by atomic mass is 16.5. The maximum absolute atomic E-state index is 5.94. The Bertz CT molecular complexity index is 556. The van der Waals surface area contributed by atoms with Crippen molar-refractivity contribution in [1.82, 2.24) is 4.90 Å². The summed E-state index contributed by atoms with van der Waals surface area (Å²) in [7, 11) is 1.70. The van der Waals surface area contributed by atoms with Gasteiger partial charge in [-0.25, -0.2) is 0 Å². The van der Waals surface area contributed by atoms with Gasteiger partial charge in [-0.15, -0.1) is 0 Å². The number of hydrogen-bond acceptors (Lipinski definition) is 4. The quantitative estimate of drug-likeness (QED) is 0.920. The van der Waals surface area contributed by atoms with Crippen LogP contribution in [-0.2, 0) is 6.54 Å². The van der Waals surface area contributed by atoms with E-state index in [0.29, 0.717) is 6.04 Å². The van der Waals surface area contributed by atoms with E-state index in [1.807, 2.05) is 24.5 Å². The summed E-state index contributed by atoms with van der Waals surface area (Å²) in [6.07, 6.45) is 4.00. The summed E-state index contributed by atoms with van der Waals surface area (Å²) in [5.74, 6) is 0.884. The Kier molecular flexibility index (Phi) is 3.44. The zero-order valence-electron chi connectivity index (χ0n) is 11.3. The van der Waals surface area contributed by atoms with Gasteiger partial charge in [0.25, 0.3) is 0 Å². The van der Waals surface area contributed by atoms with Crippen LogP contribution in [0.3, 0.4) is 0 Å². The Hall–Kier alpha value is -1.52. The predicted octanol–water partition coefficient (Wildman–Crippen LogP) is 2.36. The molecule has 1 aromatic heterocycles. The smallest absolute Gasteiger partial charge is 0.137 e. The summed E-state index contributed by atoms with van der Waals surface area (Å²) in [6, 6.07) is 6.28. The number of nitrogens with two attached hydrogens (primary N) is 1. The first-order valence-electron chi connectivity index (χ1n) is 6.79. The van der Waals surface area contributed by atoms with Crippen LogP contribution in [0.25, 0.3) is 11.0 Å². The molecule has 0 atom stereocenters. The van der Waals surface area contributed by atoms with Crippen LogP contribution < -0.4 is 10.5 Å². The zero-order valence-corrected chi connectivity index (χ0v) is 11.3. The van der Waals surface area contributed by atoms with Crippen molar-refractivity contribution >= 4 is 11.0 Å². The molecule has 102 valence electrons. The van der Waals surface area contributed by atoms with Gasteiger partial charge in [0.1, 0.15) is 11.3 Å². The Balaban J connectivity index is 1.85. The van der Waals surface area contributed by atoms with Gasteiger partial charge in [0.2, 0.25) is 0 Å². The van der Waals surface area contributed by atoms with Crippen LogP contribution >= 0.6 is 0 Å². The molecular weight excluding hydrogens is 240 g/mol. The number of nitrogens with zero attached hydrogens (tertiary/aromatic N) is 1. The number of piperidine rings is 1. The molecular formula is C15H20N2O2. The molecule has 2 N–H and O–H groups in total. The largest absolute Gasteiger partial charge is 0.496 e. The van der Waals surface area contributed by atoms with Crippen molar-refractivity contribution < 1.29 is 9.15 Å². The molecule has 0 aliphatic carbocycles. The van der Waals surface area contributed by atoms with Crippen molar-refractivity contribution in [2.45, 2.75) is 25.4 Å². The second-order valence-electron chi connectivity index (χ2n) is 5.21. The van der Waals surface area contributed by atoms with Crippen LogP contribution in [0.15, 0.2) is 28.9 Å². The maximum Gasteiger partial charge on any atom is 0.137 e. The summed E-state index contributed by atoms with van der Waals surface area (Å²) < 4.78 is 11.1. The van der Waals surface area contributed by atoms with Crippen LogP contribution in [0.2, 0.25) is 0 Å². The van der Waals surface area contributed by atoms with Gasteiger partial charge >= 0.3 is 0 Å². The van der Waals surface area contributed by atoms with E-state index in [1.54, 1.807) is 7.11 Å². The normalized spacial score (nSPS) is 18.0. The highest BCUT2D eigenvalue weighted by molar-refractivity contribution is 5.87.